The van der Waals surface area contributed by atoms with Crippen LogP contribution in [0.4, 0.5) is 11.4 Å². The lowest BCUT2D eigenvalue weighted by Gasteiger charge is -2.28. The number of nitrogens with zero attached hydrogens (tertiary/aromatic N) is 2. The van der Waals surface area contributed by atoms with Crippen LogP contribution in [0, 0.1) is 6.92 Å². The van der Waals surface area contributed by atoms with Gasteiger partial charge in [-0.25, -0.2) is 4.99 Å². The van der Waals surface area contributed by atoms with Gasteiger partial charge in [0.2, 0.25) is 0 Å². The van der Waals surface area contributed by atoms with Crippen LogP contribution in [0.5, 0.6) is 0 Å². The number of aliphatic imine (C=N–C) groups is 1. The van der Waals surface area contributed by atoms with E-state index in [1.165, 1.54) is 0 Å². The van der Waals surface area contributed by atoms with E-state index in [-0.39, 0.29) is 5.91 Å². The van der Waals surface area contributed by atoms with Crippen molar-refractivity contribution in [2.75, 3.05) is 5.32 Å². The number of anilines is 1. The SMILES string of the molecule is Cc1ccc(NC(=O)c2ccccc2N=CN(C(C)C)C(C)C)cc1. The average molecular weight is 337 g/mol. The van der Waals surface area contributed by atoms with Gasteiger partial charge in [0.1, 0.15) is 0 Å². The number of carbonyl (C=O) groups is 1. The first-order valence-corrected chi connectivity index (χ1v) is 8.67. The molecule has 2 aromatic rings. The number of nitrogens with one attached hydrogen (secondary N) is 1. The Balaban J connectivity index is 2.22. The Bertz CT molecular complexity index is 725. The monoisotopic (exact) mass is 337 g/mol. The molecule has 0 aromatic heterocycles. The molecule has 0 bridgehead atoms. The van der Waals surface area contributed by atoms with Crippen LogP contribution in [0.2, 0.25) is 0 Å². The van der Waals surface area contributed by atoms with Crippen LogP contribution in [0.15, 0.2) is 53.5 Å². The third kappa shape index (κ3) is 5.18. The van der Waals surface area contributed by atoms with Crippen LogP contribution < -0.4 is 5.32 Å². The smallest absolute Gasteiger partial charge is 0.257 e. The van der Waals surface area contributed by atoms with Gasteiger partial charge in [0.15, 0.2) is 0 Å². The minimum Gasteiger partial charge on any atom is -0.358 e. The van der Waals surface area contributed by atoms with Crippen LogP contribution in [-0.4, -0.2) is 29.2 Å². The van der Waals surface area contributed by atoms with Gasteiger partial charge in [-0.15, -0.1) is 0 Å². The van der Waals surface area contributed by atoms with Gasteiger partial charge in [0, 0.05) is 17.8 Å². The molecule has 2 rings (SSSR count). The first-order chi connectivity index (χ1) is 11.9. The van der Waals surface area contributed by atoms with Crippen molar-refractivity contribution in [1.82, 2.24) is 4.90 Å². The quantitative estimate of drug-likeness (QED) is 0.594. The molecule has 0 saturated carbocycles. The van der Waals surface area contributed by atoms with Crippen LogP contribution in [-0.2, 0) is 0 Å². The molecule has 4 nitrogen and oxygen atoms in total. The van der Waals surface area contributed by atoms with Crippen LogP contribution in [0.25, 0.3) is 0 Å². The summed E-state index contributed by atoms with van der Waals surface area (Å²) in [6.07, 6.45) is 1.83. The first-order valence-electron chi connectivity index (χ1n) is 8.67. The molecule has 0 aliphatic carbocycles. The summed E-state index contributed by atoms with van der Waals surface area (Å²) >= 11 is 0. The molecule has 0 spiro atoms. The summed E-state index contributed by atoms with van der Waals surface area (Å²) in [7, 11) is 0. The molecule has 0 atom stereocenters. The maximum absolute atomic E-state index is 12.6. The van der Waals surface area contributed by atoms with Crippen molar-refractivity contribution in [3.63, 3.8) is 0 Å². The van der Waals surface area contributed by atoms with Crippen LogP contribution in [0.3, 0.4) is 0 Å². The summed E-state index contributed by atoms with van der Waals surface area (Å²) in [6.45, 7) is 10.5. The molecule has 0 heterocycles. The number of benzene rings is 2. The van der Waals surface area contributed by atoms with E-state index in [1.54, 1.807) is 6.07 Å². The second-order valence-electron chi connectivity index (χ2n) is 6.72. The number of aryl methyl sites for hydroxylation is 1. The molecule has 4 heteroatoms. The predicted molar refractivity (Wildman–Crippen MR) is 106 cm³/mol. The Kier molecular flexibility index (Phi) is 6.34. The molecule has 0 radical (unpaired) electrons. The van der Waals surface area contributed by atoms with Gasteiger partial charge in [0.05, 0.1) is 17.6 Å². The highest BCUT2D eigenvalue weighted by Gasteiger charge is 2.12. The lowest BCUT2D eigenvalue weighted by molar-refractivity contribution is 0.102. The number of para-hydroxylation sites is 1. The number of carbonyl (C=O) groups excluding carboxylic acids is 1. The van der Waals surface area contributed by atoms with Gasteiger partial charge in [-0.2, -0.15) is 0 Å². The molecule has 0 unspecified atom stereocenters. The molecule has 2 aromatic carbocycles. The van der Waals surface area contributed by atoms with Crippen molar-refractivity contribution in [3.8, 4) is 0 Å². The van der Waals surface area contributed by atoms with E-state index < -0.39 is 0 Å². The number of amides is 1. The second-order valence-corrected chi connectivity index (χ2v) is 6.72. The molecule has 0 aliphatic rings. The van der Waals surface area contributed by atoms with Gasteiger partial charge >= 0.3 is 0 Å². The zero-order valence-electron chi connectivity index (χ0n) is 15.7. The molecule has 0 aliphatic heterocycles. The summed E-state index contributed by atoms with van der Waals surface area (Å²) in [5.41, 5.74) is 3.16. The van der Waals surface area contributed by atoms with E-state index in [0.29, 0.717) is 23.3 Å². The molecule has 1 N–H and O–H groups in total. The number of hydrogen-bond acceptors (Lipinski definition) is 2. The zero-order valence-corrected chi connectivity index (χ0v) is 15.7. The summed E-state index contributed by atoms with van der Waals surface area (Å²) in [5, 5.41) is 2.93. The van der Waals surface area contributed by atoms with E-state index in [1.807, 2.05) is 55.7 Å². The maximum atomic E-state index is 12.6. The molecule has 1 amide bonds. The second kappa shape index (κ2) is 8.47. The van der Waals surface area contributed by atoms with Crippen molar-refractivity contribution in [3.05, 3.63) is 59.7 Å². The highest BCUT2D eigenvalue weighted by molar-refractivity contribution is 6.07. The zero-order chi connectivity index (χ0) is 18.4. The topological polar surface area (TPSA) is 44.7 Å². The van der Waals surface area contributed by atoms with Gasteiger partial charge in [-0.05, 0) is 58.9 Å². The van der Waals surface area contributed by atoms with Gasteiger partial charge in [0.25, 0.3) is 5.91 Å². The Morgan fingerprint density at radius 3 is 2.20 bits per heavy atom. The summed E-state index contributed by atoms with van der Waals surface area (Å²) in [4.78, 5) is 19.4. The standard InChI is InChI=1S/C21H27N3O/c1-15(2)24(16(3)4)14-22-20-9-7-6-8-19(20)21(25)23-18-12-10-17(5)11-13-18/h6-16H,1-5H3,(H,23,25). The summed E-state index contributed by atoms with van der Waals surface area (Å²) in [6, 6.07) is 15.8. The van der Waals surface area contributed by atoms with Crippen molar-refractivity contribution < 1.29 is 4.79 Å². The van der Waals surface area contributed by atoms with Crippen molar-refractivity contribution >= 4 is 23.6 Å². The third-order valence-electron chi connectivity index (χ3n) is 3.98. The Labute approximate surface area is 150 Å². The van der Waals surface area contributed by atoms with E-state index in [4.69, 9.17) is 0 Å². The number of rotatable bonds is 6. The van der Waals surface area contributed by atoms with E-state index in [2.05, 4.69) is 42.9 Å². The predicted octanol–water partition coefficient (Wildman–Crippen LogP) is 5.03. The van der Waals surface area contributed by atoms with Crippen molar-refractivity contribution in [2.24, 2.45) is 4.99 Å². The van der Waals surface area contributed by atoms with Gasteiger partial charge < -0.3 is 10.2 Å². The lowest BCUT2D eigenvalue weighted by atomic mass is 10.1. The molecule has 132 valence electrons. The van der Waals surface area contributed by atoms with E-state index >= 15 is 0 Å². The largest absolute Gasteiger partial charge is 0.358 e. The van der Waals surface area contributed by atoms with E-state index in [9.17, 15) is 4.79 Å². The minimum atomic E-state index is -0.155. The highest BCUT2D eigenvalue weighted by atomic mass is 16.1. The average Bonchev–Trinajstić information content (AvgIpc) is 2.57. The summed E-state index contributed by atoms with van der Waals surface area (Å²) in [5.74, 6) is -0.155. The molecule has 0 saturated heterocycles. The highest BCUT2D eigenvalue weighted by Crippen LogP contribution is 2.20. The van der Waals surface area contributed by atoms with Crippen LogP contribution in [0.1, 0.15) is 43.6 Å². The Hall–Kier alpha value is -2.62. The van der Waals surface area contributed by atoms with Gasteiger partial charge in [-0.1, -0.05) is 29.8 Å². The molecule has 25 heavy (non-hydrogen) atoms. The maximum Gasteiger partial charge on any atom is 0.257 e. The lowest BCUT2D eigenvalue weighted by Crippen LogP contribution is -2.35. The summed E-state index contributed by atoms with van der Waals surface area (Å²) < 4.78 is 0. The molecular formula is C21H27N3O. The Morgan fingerprint density at radius 2 is 1.60 bits per heavy atom. The fourth-order valence-electron chi connectivity index (χ4n) is 2.61. The minimum absolute atomic E-state index is 0.155. The molecule has 0 fully saturated rings. The van der Waals surface area contributed by atoms with E-state index in [0.717, 1.165) is 11.3 Å². The van der Waals surface area contributed by atoms with Crippen molar-refractivity contribution in [1.29, 1.82) is 0 Å². The normalized spacial score (nSPS) is 11.3. The van der Waals surface area contributed by atoms with Gasteiger partial charge in [-0.3, -0.25) is 4.79 Å². The molecular weight excluding hydrogens is 310 g/mol. The van der Waals surface area contributed by atoms with Crippen LogP contribution >= 0.6 is 0 Å². The number of hydrogen-bond donors (Lipinski definition) is 1. The third-order valence-corrected chi connectivity index (χ3v) is 3.98. The first kappa shape index (κ1) is 18.7. The fourth-order valence-corrected chi connectivity index (χ4v) is 2.61. The van der Waals surface area contributed by atoms with Crippen molar-refractivity contribution in [2.45, 2.75) is 46.7 Å². The fraction of sp³-hybridized carbons (Fsp3) is 0.333. The Morgan fingerprint density at radius 1 is 1.00 bits per heavy atom.